The first-order chi connectivity index (χ1) is 19.9. The standard InChI is InChI=1S/C30H37F2N3O6P/c1-20-4-9-25-26-18-22(19-34-28(26)29(33)35-27(25)16-20)5-6-23-7-8-24(17-21(23)2)41-15-14-40-13-12-39-11-3-10-30(31,32)42(36,37)38/h4,7-9,16-19,36-38H,3,5-6,10-15H2,1-2H3,(H2,33,35)/q+1. The third-order valence-corrected chi connectivity index (χ3v) is 8.04. The molecule has 0 atom stereocenters. The molecule has 42 heavy (non-hydrogen) atoms. The lowest BCUT2D eigenvalue weighted by atomic mass is 9.99. The van der Waals surface area contributed by atoms with Crippen LogP contribution in [0.5, 0.6) is 5.75 Å². The van der Waals surface area contributed by atoms with Crippen molar-refractivity contribution in [3.63, 3.8) is 0 Å². The normalized spacial score (nSPS) is 12.4. The number of alkyl halides is 2. The van der Waals surface area contributed by atoms with E-state index in [0.29, 0.717) is 19.0 Å². The maximum atomic E-state index is 13.2. The van der Waals surface area contributed by atoms with Crippen molar-refractivity contribution in [1.29, 1.82) is 0 Å². The van der Waals surface area contributed by atoms with Crippen LogP contribution in [0.4, 0.5) is 14.6 Å². The fraction of sp³-hybridized carbons (Fsp3) is 0.400. The highest BCUT2D eigenvalue weighted by molar-refractivity contribution is 7.59. The second-order valence-corrected chi connectivity index (χ2v) is 12.0. The number of nitrogens with two attached hydrogens (primary N) is 1. The van der Waals surface area contributed by atoms with Crippen LogP contribution < -0.4 is 10.5 Å². The maximum absolute atomic E-state index is 13.2. The summed E-state index contributed by atoms with van der Waals surface area (Å²) in [5.74, 6) is 1.18. The summed E-state index contributed by atoms with van der Waals surface area (Å²) in [5.41, 5.74) is 8.45. The molecule has 0 spiro atoms. The topological polar surface area (TPSA) is 140 Å². The van der Waals surface area contributed by atoms with Gasteiger partial charge in [0, 0.05) is 23.6 Å². The van der Waals surface area contributed by atoms with Gasteiger partial charge in [0.05, 0.1) is 31.8 Å². The van der Waals surface area contributed by atoms with Crippen molar-refractivity contribution in [2.24, 2.45) is 0 Å². The highest BCUT2D eigenvalue weighted by atomic mass is 31.2. The van der Waals surface area contributed by atoms with E-state index in [1.807, 2.05) is 31.3 Å². The van der Waals surface area contributed by atoms with E-state index in [1.54, 1.807) is 0 Å². The van der Waals surface area contributed by atoms with Gasteiger partial charge in [0.15, 0.2) is 5.82 Å². The van der Waals surface area contributed by atoms with Crippen molar-refractivity contribution in [2.45, 2.75) is 45.2 Å². The van der Waals surface area contributed by atoms with Crippen LogP contribution in [-0.4, -0.2) is 63.3 Å². The summed E-state index contributed by atoms with van der Waals surface area (Å²) < 4.78 is 42.9. The molecule has 0 saturated carbocycles. The van der Waals surface area contributed by atoms with Crippen molar-refractivity contribution in [3.05, 3.63) is 70.9 Å². The van der Waals surface area contributed by atoms with Gasteiger partial charge < -0.3 is 19.9 Å². The highest BCUT2D eigenvalue weighted by Crippen LogP contribution is 2.62. The number of ether oxygens (including phenoxy) is 3. The summed E-state index contributed by atoms with van der Waals surface area (Å²) in [5, 5.41) is 2.05. The Bertz CT molecular complexity index is 1520. The summed E-state index contributed by atoms with van der Waals surface area (Å²) >= 11 is 0. The number of hydrogen-bond donors (Lipinski definition) is 4. The van der Waals surface area contributed by atoms with E-state index < -0.39 is 20.0 Å². The molecule has 0 saturated heterocycles. The van der Waals surface area contributed by atoms with Crippen molar-refractivity contribution < 1.29 is 37.7 Å². The number of pyridine rings is 2. The number of aryl methyl sites for hydroxylation is 4. The lowest BCUT2D eigenvalue weighted by molar-refractivity contribution is 0.0123. The van der Waals surface area contributed by atoms with Crippen LogP contribution in [0.15, 0.2) is 48.7 Å². The number of halogens is 2. The van der Waals surface area contributed by atoms with Crippen LogP contribution in [-0.2, 0) is 22.3 Å². The van der Waals surface area contributed by atoms with Crippen LogP contribution in [0.1, 0.15) is 35.1 Å². The fourth-order valence-corrected chi connectivity index (χ4v) is 5.05. The molecule has 226 valence electrons. The third-order valence-electron chi connectivity index (χ3n) is 6.94. The van der Waals surface area contributed by atoms with Crippen molar-refractivity contribution in [2.75, 3.05) is 38.8 Å². The number of anilines is 1. The minimum Gasteiger partial charge on any atom is -0.491 e. The summed E-state index contributed by atoms with van der Waals surface area (Å²) in [6.07, 6.45) is 2.54. The molecule has 9 nitrogen and oxygen atoms in total. The Morgan fingerprint density at radius 3 is 2.36 bits per heavy atom. The summed E-state index contributed by atoms with van der Waals surface area (Å²) in [7, 11) is -5.19. The summed E-state index contributed by atoms with van der Waals surface area (Å²) in [6.45, 7) is 5.20. The monoisotopic (exact) mass is 604 g/mol. The third kappa shape index (κ3) is 8.28. The van der Waals surface area contributed by atoms with Gasteiger partial charge in [0.2, 0.25) is 0 Å². The van der Waals surface area contributed by atoms with Gasteiger partial charge in [-0.2, -0.15) is 23.5 Å². The van der Waals surface area contributed by atoms with Crippen LogP contribution in [0.3, 0.4) is 0 Å². The Labute approximate surface area is 243 Å². The van der Waals surface area contributed by atoms with E-state index in [2.05, 4.69) is 41.2 Å². The first-order valence-electron chi connectivity index (χ1n) is 13.7. The van der Waals surface area contributed by atoms with Gasteiger partial charge in [-0.15, -0.1) is 0 Å². The maximum Gasteiger partial charge on any atom is 0.479 e. The number of hydrogen-bond acceptors (Lipinski definition) is 9. The van der Waals surface area contributed by atoms with Crippen molar-refractivity contribution in [3.8, 4) is 5.75 Å². The number of nitrogen functional groups attached to an aromatic ring is 1. The fourth-order valence-electron chi connectivity index (χ4n) is 4.59. The molecule has 0 fully saturated rings. The molecule has 0 amide bonds. The molecular weight excluding hydrogens is 567 g/mol. The predicted molar refractivity (Wildman–Crippen MR) is 160 cm³/mol. The molecule has 0 bridgehead atoms. The Balaban J connectivity index is 1.18. The number of fused-ring (bicyclic) bond motifs is 3. The summed E-state index contributed by atoms with van der Waals surface area (Å²) in [6, 6.07) is 14.3. The van der Waals surface area contributed by atoms with Crippen LogP contribution >= 0.6 is 7.94 Å². The molecule has 0 radical (unpaired) electrons. The van der Waals surface area contributed by atoms with Gasteiger partial charge in [0.25, 0.3) is 0 Å². The lowest BCUT2D eigenvalue weighted by Gasteiger charge is -2.15. The van der Waals surface area contributed by atoms with Crippen molar-refractivity contribution >= 4 is 35.6 Å². The second kappa shape index (κ2) is 13.9. The molecule has 2 aromatic carbocycles. The zero-order chi connectivity index (χ0) is 30.3. The van der Waals surface area contributed by atoms with E-state index in [-0.39, 0.29) is 26.2 Å². The Morgan fingerprint density at radius 1 is 0.881 bits per heavy atom. The second-order valence-electron chi connectivity index (χ2n) is 10.3. The Kier molecular flexibility index (Phi) is 10.6. The molecule has 12 heteroatoms. The largest absolute Gasteiger partial charge is 0.491 e. The average molecular weight is 605 g/mol. The predicted octanol–water partition coefficient (Wildman–Crippen LogP) is 5.29. The lowest BCUT2D eigenvalue weighted by Crippen LogP contribution is -2.21. The molecule has 0 aliphatic heterocycles. The first kappa shape index (κ1) is 31.9. The number of rotatable bonds is 15. The molecule has 0 aliphatic rings. The molecule has 0 aliphatic carbocycles. The zero-order valence-corrected chi connectivity index (χ0v) is 24.6. The summed E-state index contributed by atoms with van der Waals surface area (Å²) in [4.78, 5) is 35.3. The molecule has 4 aromatic rings. The van der Waals surface area contributed by atoms with Gasteiger partial charge in [-0.05, 0) is 79.6 Å². The molecule has 2 aromatic heterocycles. The number of nitrogens with zero attached hydrogens (tertiary/aromatic N) is 2. The molecular formula is C30H37F2N3O6P+. The van der Waals surface area contributed by atoms with E-state index in [1.165, 1.54) is 5.56 Å². The SMILES string of the molecule is Cc1ccc2c(c1)nc(N)c1ncc(CCc3ccc(OCCOCCOCCCC(F)(F)[P+](O)(O)O)cc3C)cc12. The van der Waals surface area contributed by atoms with Gasteiger partial charge >= 0.3 is 13.6 Å². The molecule has 4 rings (SSSR count). The van der Waals surface area contributed by atoms with Crippen LogP contribution in [0, 0.1) is 13.8 Å². The first-order valence-corrected chi connectivity index (χ1v) is 15.4. The van der Waals surface area contributed by atoms with Gasteiger partial charge in [-0.3, -0.25) is 4.98 Å². The van der Waals surface area contributed by atoms with Gasteiger partial charge in [0.1, 0.15) is 17.9 Å². The van der Waals surface area contributed by atoms with Gasteiger partial charge in [-0.25, -0.2) is 4.98 Å². The van der Waals surface area contributed by atoms with E-state index in [9.17, 15) is 8.78 Å². The average Bonchev–Trinajstić information content (AvgIpc) is 2.92. The minimum atomic E-state index is -5.19. The quantitative estimate of drug-likeness (QED) is 0.0809. The smallest absolute Gasteiger partial charge is 0.479 e. The number of aromatic nitrogens is 2. The highest BCUT2D eigenvalue weighted by Gasteiger charge is 2.60. The van der Waals surface area contributed by atoms with Crippen LogP contribution in [0.25, 0.3) is 21.8 Å². The van der Waals surface area contributed by atoms with E-state index in [4.69, 9.17) is 34.6 Å². The number of benzene rings is 2. The Morgan fingerprint density at radius 2 is 1.62 bits per heavy atom. The van der Waals surface area contributed by atoms with Crippen LogP contribution in [0.2, 0.25) is 0 Å². The molecule has 2 heterocycles. The Hall–Kier alpha value is -3.05. The molecule has 0 unspecified atom stereocenters. The molecule has 5 N–H and O–H groups in total. The van der Waals surface area contributed by atoms with E-state index in [0.717, 1.165) is 57.1 Å². The van der Waals surface area contributed by atoms with E-state index >= 15 is 0 Å². The zero-order valence-electron chi connectivity index (χ0n) is 23.7. The van der Waals surface area contributed by atoms with Gasteiger partial charge in [-0.1, -0.05) is 18.2 Å². The van der Waals surface area contributed by atoms with Crippen molar-refractivity contribution in [1.82, 2.24) is 9.97 Å². The minimum absolute atomic E-state index is 0.0127.